The summed E-state index contributed by atoms with van der Waals surface area (Å²) < 4.78 is 12.6. The van der Waals surface area contributed by atoms with E-state index in [1.54, 1.807) is 0 Å². The zero-order chi connectivity index (χ0) is 11.5. The Kier molecular flexibility index (Phi) is 13.6. The molecule has 0 aromatic heterocycles. The van der Waals surface area contributed by atoms with Crippen molar-refractivity contribution in [3.63, 3.8) is 0 Å². The summed E-state index contributed by atoms with van der Waals surface area (Å²) in [5.74, 6) is 0. The first-order valence-electron chi connectivity index (χ1n) is 6.46. The third-order valence-electron chi connectivity index (χ3n) is 2.12. The second-order valence-electron chi connectivity index (χ2n) is 3.94. The van der Waals surface area contributed by atoms with Crippen molar-refractivity contribution in [2.24, 2.45) is 0 Å². The van der Waals surface area contributed by atoms with E-state index < -0.39 is 44.4 Å². The second kappa shape index (κ2) is 12.2. The Morgan fingerprint density at radius 2 is 0.867 bits per heavy atom. The summed E-state index contributed by atoms with van der Waals surface area (Å²) in [5, 5.41) is 0. The third-order valence-corrected chi connectivity index (χ3v) is 34.4. The zero-order valence-corrected chi connectivity index (χ0v) is 17.9. The summed E-state index contributed by atoms with van der Waals surface area (Å²) in [4.78, 5) is 0. The third kappa shape index (κ3) is 9.43. The van der Waals surface area contributed by atoms with Gasteiger partial charge in [0, 0.05) is 0 Å². The molecule has 1 nitrogen and oxygen atoms in total. The summed E-state index contributed by atoms with van der Waals surface area (Å²) in [6.07, 6.45) is 5.48. The van der Waals surface area contributed by atoms with Gasteiger partial charge < -0.3 is 0 Å². The van der Waals surface area contributed by atoms with Crippen molar-refractivity contribution in [1.29, 1.82) is 0 Å². The van der Waals surface area contributed by atoms with Crippen LogP contribution in [0.25, 0.3) is 0 Å². The van der Waals surface area contributed by atoms with Crippen molar-refractivity contribution in [1.82, 2.24) is 0 Å². The molecule has 0 bridgehead atoms. The Labute approximate surface area is 114 Å². The summed E-state index contributed by atoms with van der Waals surface area (Å²) in [5.41, 5.74) is 0. The molecule has 0 aliphatic heterocycles. The molecule has 0 spiro atoms. The number of rotatable bonds is 10. The fraction of sp³-hybridized carbons (Fsp3) is 1.00. The summed E-state index contributed by atoms with van der Waals surface area (Å²) in [6, 6.07) is 0. The van der Waals surface area contributed by atoms with Crippen LogP contribution in [0, 0.1) is 0 Å². The second-order valence-corrected chi connectivity index (χ2v) is 24.6. The normalized spacial score (nSPS) is 11.6. The maximum absolute atomic E-state index is 6.62. The molecule has 0 radical (unpaired) electrons. The van der Waals surface area contributed by atoms with Gasteiger partial charge in [-0.1, -0.05) is 0 Å². The van der Waals surface area contributed by atoms with E-state index in [0.29, 0.717) is 0 Å². The van der Waals surface area contributed by atoms with Gasteiger partial charge in [-0.3, -0.25) is 0 Å². The summed E-state index contributed by atoms with van der Waals surface area (Å²) in [6.45, 7) is 9.30. The van der Waals surface area contributed by atoms with Crippen molar-refractivity contribution < 1.29 is 0.889 Å². The molecule has 15 heavy (non-hydrogen) atoms. The Morgan fingerprint density at radius 3 is 1.07 bits per heavy atom. The molecule has 0 atom stereocenters. The predicted octanol–water partition coefficient (Wildman–Crippen LogP) is 4.63. The van der Waals surface area contributed by atoms with Crippen LogP contribution >= 0.6 is 0 Å². The molecule has 0 aliphatic rings. The topological polar surface area (TPSA) is 9.23 Å². The van der Waals surface area contributed by atoms with Gasteiger partial charge in [0.2, 0.25) is 0 Å². The molecule has 0 aromatic rings. The Balaban J connectivity index is 3.93. The van der Waals surface area contributed by atoms with E-state index >= 15 is 0 Å². The van der Waals surface area contributed by atoms with Gasteiger partial charge in [0.1, 0.15) is 0 Å². The molecule has 0 amide bonds. The van der Waals surface area contributed by atoms with Crippen LogP contribution in [0.15, 0.2) is 0 Å². The number of hydrogen-bond donors (Lipinski definition) is 0. The van der Waals surface area contributed by atoms with Crippen molar-refractivity contribution in [3.8, 4) is 0 Å². The van der Waals surface area contributed by atoms with Gasteiger partial charge in [-0.2, -0.15) is 0 Å². The molecule has 0 rings (SSSR count). The Morgan fingerprint density at radius 1 is 0.600 bits per heavy atom. The predicted molar refractivity (Wildman–Crippen MR) is 73.0 cm³/mol. The minimum atomic E-state index is -1.40. The molecule has 0 fully saturated rings. The Bertz CT molecular complexity index is 105. The van der Waals surface area contributed by atoms with E-state index in [1.807, 2.05) is 0 Å². The van der Waals surface area contributed by atoms with Gasteiger partial charge in [-0.25, -0.2) is 0 Å². The SMILES string of the molecule is CC[CH2][Bi]([CH2]CC)[O][Bi]([CH2]CC)[CH2]CC. The van der Waals surface area contributed by atoms with Crippen molar-refractivity contribution >= 4 is 44.4 Å². The molecular weight excluding hydrogens is 578 g/mol. The van der Waals surface area contributed by atoms with E-state index in [9.17, 15) is 0 Å². The number of hydrogen-bond acceptors (Lipinski definition) is 1. The van der Waals surface area contributed by atoms with Crippen LogP contribution in [0.5, 0.6) is 0 Å². The quantitative estimate of drug-likeness (QED) is 0.330. The molecule has 0 unspecified atom stereocenters. The molecule has 0 aliphatic carbocycles. The van der Waals surface area contributed by atoms with E-state index in [0.717, 1.165) is 0 Å². The van der Waals surface area contributed by atoms with Crippen LogP contribution in [0.1, 0.15) is 53.4 Å². The standard InChI is InChI=1S/4C3H7.2Bi.O/c4*1-3-2;;;/h4*1,3H2,2H3;;;. The fourth-order valence-corrected chi connectivity index (χ4v) is 35.9. The Hall–Kier alpha value is 1.73. The molecule has 0 heterocycles. The van der Waals surface area contributed by atoms with Crippen LogP contribution in [0.4, 0.5) is 0 Å². The van der Waals surface area contributed by atoms with Gasteiger partial charge in [0.05, 0.1) is 0 Å². The van der Waals surface area contributed by atoms with Crippen LogP contribution in [-0.2, 0) is 0.889 Å². The molecule has 0 saturated carbocycles. The van der Waals surface area contributed by atoms with Gasteiger partial charge in [0.15, 0.2) is 0 Å². The zero-order valence-electron chi connectivity index (χ0n) is 11.0. The van der Waals surface area contributed by atoms with Crippen LogP contribution in [0.2, 0.25) is 16.5 Å². The summed E-state index contributed by atoms with van der Waals surface area (Å²) in [7, 11) is 0. The van der Waals surface area contributed by atoms with Crippen LogP contribution < -0.4 is 0 Å². The molecule has 3 heteroatoms. The molecular formula is C12H28Bi2O. The molecule has 0 aromatic carbocycles. The van der Waals surface area contributed by atoms with Crippen molar-refractivity contribution in [3.05, 3.63) is 0 Å². The fourth-order valence-electron chi connectivity index (χ4n) is 1.55. The maximum atomic E-state index is 6.62. The van der Waals surface area contributed by atoms with Gasteiger partial charge >= 0.3 is 115 Å². The average molecular weight is 606 g/mol. The van der Waals surface area contributed by atoms with Crippen molar-refractivity contribution in [2.45, 2.75) is 69.9 Å². The average Bonchev–Trinajstić information content (AvgIpc) is 2.19. The van der Waals surface area contributed by atoms with E-state index in [4.69, 9.17) is 0.889 Å². The molecule has 92 valence electrons. The monoisotopic (exact) mass is 606 g/mol. The molecule has 0 saturated heterocycles. The summed E-state index contributed by atoms with van der Waals surface area (Å²) >= 11 is -2.81. The van der Waals surface area contributed by atoms with Crippen LogP contribution in [-0.4, -0.2) is 44.4 Å². The van der Waals surface area contributed by atoms with E-state index in [-0.39, 0.29) is 0 Å². The first-order chi connectivity index (χ1) is 7.28. The minimum absolute atomic E-state index is 1.37. The first-order valence-corrected chi connectivity index (χ1v) is 19.1. The van der Waals surface area contributed by atoms with Crippen LogP contribution in [0.3, 0.4) is 0 Å². The van der Waals surface area contributed by atoms with Gasteiger partial charge in [-0.15, -0.1) is 0 Å². The molecule has 0 N–H and O–H groups in total. The van der Waals surface area contributed by atoms with E-state index in [1.165, 1.54) is 42.2 Å². The van der Waals surface area contributed by atoms with Gasteiger partial charge in [-0.05, 0) is 0 Å². The van der Waals surface area contributed by atoms with E-state index in [2.05, 4.69) is 27.7 Å². The van der Waals surface area contributed by atoms with Crippen molar-refractivity contribution in [2.75, 3.05) is 0 Å². The van der Waals surface area contributed by atoms with Gasteiger partial charge in [0.25, 0.3) is 0 Å². The first kappa shape index (κ1) is 16.7.